The fourth-order valence-corrected chi connectivity index (χ4v) is 3.07. The van der Waals surface area contributed by atoms with Gasteiger partial charge in [0, 0.05) is 28.5 Å². The quantitative estimate of drug-likeness (QED) is 0.823. The fraction of sp³-hybridized carbons (Fsp3) is 0.417. The van der Waals surface area contributed by atoms with Crippen LogP contribution in [0.4, 0.5) is 0 Å². The molecular weight excluding hydrogens is 220 g/mol. The normalized spacial score (nSPS) is 19.8. The summed E-state index contributed by atoms with van der Waals surface area (Å²) >= 11 is 1.69. The van der Waals surface area contributed by atoms with E-state index in [9.17, 15) is 5.11 Å². The molecule has 1 unspecified atom stereocenters. The molecule has 0 aromatic carbocycles. The number of fused-ring (bicyclic) bond motifs is 1. The van der Waals surface area contributed by atoms with Gasteiger partial charge in [0.25, 0.3) is 0 Å². The van der Waals surface area contributed by atoms with Crippen molar-refractivity contribution in [2.75, 3.05) is 0 Å². The van der Waals surface area contributed by atoms with Gasteiger partial charge < -0.3 is 5.11 Å². The van der Waals surface area contributed by atoms with Crippen LogP contribution in [0, 0.1) is 6.92 Å². The van der Waals surface area contributed by atoms with Crippen LogP contribution in [0.2, 0.25) is 0 Å². The van der Waals surface area contributed by atoms with Crippen LogP contribution in [0.5, 0.6) is 0 Å². The molecule has 0 amide bonds. The van der Waals surface area contributed by atoms with E-state index in [0.29, 0.717) is 0 Å². The maximum Gasteiger partial charge on any atom is 0.193 e. The maximum atomic E-state index is 9.90. The fourth-order valence-electron chi connectivity index (χ4n) is 2.30. The monoisotopic (exact) mass is 234 g/mol. The number of hydrogen-bond acceptors (Lipinski definition) is 3. The number of aliphatic hydroxyl groups excluding tert-OH is 1. The lowest BCUT2D eigenvalue weighted by molar-refractivity contribution is 0.156. The highest BCUT2D eigenvalue weighted by atomic mass is 32.1. The van der Waals surface area contributed by atoms with Gasteiger partial charge in [0.05, 0.1) is 6.10 Å². The topological polar surface area (TPSA) is 38.0 Å². The van der Waals surface area contributed by atoms with E-state index < -0.39 is 0 Å². The Labute approximate surface area is 98.4 Å². The minimum absolute atomic E-state index is 0.286. The zero-order chi connectivity index (χ0) is 11.1. The standard InChI is InChI=1S/C12H14N2OS/c1-8-7-13-12(16-8)14-6-5-9-10(14)3-2-4-11(9)15/h5-7,11,15H,2-4H2,1H3. The maximum absolute atomic E-state index is 9.90. The summed E-state index contributed by atoms with van der Waals surface area (Å²) in [7, 11) is 0. The summed E-state index contributed by atoms with van der Waals surface area (Å²) in [6, 6.07) is 2.02. The Kier molecular flexibility index (Phi) is 2.33. The highest BCUT2D eigenvalue weighted by molar-refractivity contribution is 7.14. The molecule has 3 nitrogen and oxygen atoms in total. The molecular formula is C12H14N2OS. The van der Waals surface area contributed by atoms with E-state index in [0.717, 1.165) is 30.0 Å². The average molecular weight is 234 g/mol. The van der Waals surface area contributed by atoms with Crippen molar-refractivity contribution < 1.29 is 5.11 Å². The molecule has 3 rings (SSSR count). The lowest BCUT2D eigenvalue weighted by Crippen LogP contribution is -2.10. The average Bonchev–Trinajstić information content (AvgIpc) is 2.84. The molecule has 84 valence electrons. The minimum atomic E-state index is -0.286. The molecule has 0 bridgehead atoms. The summed E-state index contributed by atoms with van der Waals surface area (Å²) in [6.45, 7) is 2.06. The number of hydrogen-bond donors (Lipinski definition) is 1. The summed E-state index contributed by atoms with van der Waals surface area (Å²) in [6.07, 6.45) is 6.61. The zero-order valence-corrected chi connectivity index (χ0v) is 10.00. The molecule has 1 N–H and O–H groups in total. The van der Waals surface area contributed by atoms with Crippen LogP contribution >= 0.6 is 11.3 Å². The van der Waals surface area contributed by atoms with Gasteiger partial charge in [0.15, 0.2) is 5.13 Å². The first-order valence-corrected chi connectivity index (χ1v) is 6.38. The van der Waals surface area contributed by atoms with E-state index in [4.69, 9.17) is 0 Å². The van der Waals surface area contributed by atoms with Crippen LogP contribution in [0.25, 0.3) is 5.13 Å². The van der Waals surface area contributed by atoms with Crippen molar-refractivity contribution in [3.63, 3.8) is 0 Å². The van der Waals surface area contributed by atoms with Crippen molar-refractivity contribution in [1.29, 1.82) is 0 Å². The third-order valence-corrected chi connectivity index (χ3v) is 4.00. The number of nitrogens with zero attached hydrogens (tertiary/aromatic N) is 2. The second-order valence-electron chi connectivity index (χ2n) is 4.25. The molecule has 0 aliphatic heterocycles. The molecule has 2 heterocycles. The third-order valence-electron chi connectivity index (χ3n) is 3.09. The van der Waals surface area contributed by atoms with Gasteiger partial charge in [-0.3, -0.25) is 4.57 Å². The highest BCUT2D eigenvalue weighted by Crippen LogP contribution is 2.32. The first-order valence-electron chi connectivity index (χ1n) is 5.56. The van der Waals surface area contributed by atoms with E-state index in [1.807, 2.05) is 18.5 Å². The summed E-state index contributed by atoms with van der Waals surface area (Å²) in [5.41, 5.74) is 2.31. The van der Waals surface area contributed by atoms with Gasteiger partial charge in [-0.05, 0) is 32.3 Å². The zero-order valence-electron chi connectivity index (χ0n) is 9.18. The SMILES string of the molecule is Cc1cnc(-n2ccc3c2CCCC3O)s1. The predicted octanol–water partition coefficient (Wildman–Crippen LogP) is 2.61. The molecule has 16 heavy (non-hydrogen) atoms. The summed E-state index contributed by atoms with van der Waals surface area (Å²) in [5.74, 6) is 0. The lowest BCUT2D eigenvalue weighted by Gasteiger charge is -2.19. The van der Waals surface area contributed by atoms with Crippen LogP contribution in [-0.2, 0) is 6.42 Å². The van der Waals surface area contributed by atoms with Crippen molar-refractivity contribution in [2.45, 2.75) is 32.3 Å². The first-order chi connectivity index (χ1) is 7.75. The Balaban J connectivity index is 2.09. The van der Waals surface area contributed by atoms with Crippen LogP contribution < -0.4 is 0 Å². The van der Waals surface area contributed by atoms with Crippen LogP contribution in [0.1, 0.15) is 35.1 Å². The molecule has 4 heteroatoms. The molecule has 1 atom stereocenters. The van der Waals surface area contributed by atoms with Crippen molar-refractivity contribution in [3.05, 3.63) is 34.6 Å². The van der Waals surface area contributed by atoms with Gasteiger partial charge in [-0.2, -0.15) is 0 Å². The lowest BCUT2D eigenvalue weighted by atomic mass is 9.95. The largest absolute Gasteiger partial charge is 0.388 e. The van der Waals surface area contributed by atoms with Crippen molar-refractivity contribution in [2.24, 2.45) is 0 Å². The van der Waals surface area contributed by atoms with Gasteiger partial charge in [-0.15, -0.1) is 11.3 Å². The van der Waals surface area contributed by atoms with Gasteiger partial charge >= 0.3 is 0 Å². The number of rotatable bonds is 1. The Morgan fingerprint density at radius 3 is 3.19 bits per heavy atom. The van der Waals surface area contributed by atoms with E-state index in [-0.39, 0.29) is 6.10 Å². The van der Waals surface area contributed by atoms with Gasteiger partial charge in [-0.1, -0.05) is 0 Å². The second-order valence-corrected chi connectivity index (χ2v) is 5.46. The number of aliphatic hydroxyl groups is 1. The van der Waals surface area contributed by atoms with E-state index in [2.05, 4.69) is 16.5 Å². The smallest absolute Gasteiger partial charge is 0.193 e. The third kappa shape index (κ3) is 1.49. The molecule has 1 aliphatic carbocycles. The molecule has 0 radical (unpaired) electrons. The van der Waals surface area contributed by atoms with Crippen LogP contribution in [0.3, 0.4) is 0 Å². The minimum Gasteiger partial charge on any atom is -0.388 e. The number of aryl methyl sites for hydroxylation is 1. The summed E-state index contributed by atoms with van der Waals surface area (Å²) in [5, 5.41) is 10.9. The highest BCUT2D eigenvalue weighted by Gasteiger charge is 2.22. The van der Waals surface area contributed by atoms with Crippen LogP contribution in [-0.4, -0.2) is 14.7 Å². The summed E-state index contributed by atoms with van der Waals surface area (Å²) < 4.78 is 2.12. The molecule has 0 spiro atoms. The Bertz CT molecular complexity index is 515. The molecule has 0 saturated heterocycles. The van der Waals surface area contributed by atoms with E-state index >= 15 is 0 Å². The summed E-state index contributed by atoms with van der Waals surface area (Å²) in [4.78, 5) is 5.61. The van der Waals surface area contributed by atoms with Gasteiger partial charge in [0.2, 0.25) is 0 Å². The number of aromatic nitrogens is 2. The van der Waals surface area contributed by atoms with Crippen molar-refractivity contribution in [1.82, 2.24) is 9.55 Å². The van der Waals surface area contributed by atoms with Crippen molar-refractivity contribution >= 4 is 11.3 Å². The van der Waals surface area contributed by atoms with Gasteiger partial charge in [-0.25, -0.2) is 4.98 Å². The Morgan fingerprint density at radius 1 is 1.56 bits per heavy atom. The molecule has 0 fully saturated rings. The Hall–Kier alpha value is -1.13. The van der Waals surface area contributed by atoms with E-state index in [1.54, 1.807) is 11.3 Å². The van der Waals surface area contributed by atoms with Crippen molar-refractivity contribution in [3.8, 4) is 5.13 Å². The Morgan fingerprint density at radius 2 is 2.44 bits per heavy atom. The number of thiazole rings is 1. The molecule has 0 saturated carbocycles. The second kappa shape index (κ2) is 3.71. The van der Waals surface area contributed by atoms with E-state index in [1.165, 1.54) is 10.6 Å². The molecule has 1 aliphatic rings. The predicted molar refractivity (Wildman–Crippen MR) is 64.1 cm³/mol. The molecule has 2 aromatic rings. The first kappa shape index (κ1) is 10.1. The van der Waals surface area contributed by atoms with Crippen LogP contribution in [0.15, 0.2) is 18.5 Å². The van der Waals surface area contributed by atoms with Gasteiger partial charge in [0.1, 0.15) is 0 Å². The molecule has 2 aromatic heterocycles.